The van der Waals surface area contributed by atoms with Crippen LogP contribution < -0.4 is 5.32 Å². The van der Waals surface area contributed by atoms with Crippen LogP contribution >= 0.6 is 0 Å². The van der Waals surface area contributed by atoms with E-state index in [2.05, 4.69) is 17.2 Å². The van der Waals surface area contributed by atoms with Crippen LogP contribution in [0.2, 0.25) is 0 Å². The van der Waals surface area contributed by atoms with E-state index >= 15 is 0 Å². The monoisotopic (exact) mass is 320 g/mol. The van der Waals surface area contributed by atoms with Crippen molar-refractivity contribution in [3.05, 3.63) is 29.6 Å². The van der Waals surface area contributed by atoms with Gasteiger partial charge in [0.25, 0.3) is 5.91 Å². The Morgan fingerprint density at radius 2 is 2.09 bits per heavy atom. The molecule has 0 radical (unpaired) electrons. The summed E-state index contributed by atoms with van der Waals surface area (Å²) in [6.45, 7) is 3.18. The smallest absolute Gasteiger partial charge is 0.335 e. The molecule has 1 amide bonds. The molecule has 1 aromatic rings. The molecule has 0 saturated heterocycles. The number of nitrogens with zero attached hydrogens (tertiary/aromatic N) is 1. The maximum absolute atomic E-state index is 12.3. The summed E-state index contributed by atoms with van der Waals surface area (Å²) in [6.07, 6.45) is 7.57. The Balaban J connectivity index is 2.00. The molecule has 1 fully saturated rings. The van der Waals surface area contributed by atoms with Crippen LogP contribution in [-0.4, -0.2) is 40.7 Å². The number of ether oxygens (including phenoxy) is 1. The van der Waals surface area contributed by atoms with E-state index in [1.54, 1.807) is 0 Å². The Morgan fingerprint density at radius 1 is 1.35 bits per heavy atom. The van der Waals surface area contributed by atoms with Gasteiger partial charge in [0.05, 0.1) is 11.2 Å². The van der Waals surface area contributed by atoms with Crippen LogP contribution in [0.25, 0.3) is 0 Å². The second-order valence-electron chi connectivity index (χ2n) is 6.01. The number of hydrogen-bond acceptors (Lipinski definition) is 4. The van der Waals surface area contributed by atoms with E-state index in [1.165, 1.54) is 24.8 Å². The van der Waals surface area contributed by atoms with Crippen LogP contribution in [0.1, 0.15) is 66.3 Å². The van der Waals surface area contributed by atoms with Gasteiger partial charge in [-0.25, -0.2) is 4.79 Å². The summed E-state index contributed by atoms with van der Waals surface area (Å²) in [7, 11) is 0. The largest absolute Gasteiger partial charge is 0.478 e. The Hall–Kier alpha value is -1.95. The number of nitrogens with one attached hydrogen (secondary N) is 1. The van der Waals surface area contributed by atoms with E-state index in [4.69, 9.17) is 9.84 Å². The van der Waals surface area contributed by atoms with E-state index in [1.807, 2.05) is 0 Å². The van der Waals surface area contributed by atoms with Crippen LogP contribution in [0.15, 0.2) is 18.3 Å². The lowest BCUT2D eigenvalue weighted by Gasteiger charge is -2.37. The van der Waals surface area contributed by atoms with Crippen molar-refractivity contribution < 1.29 is 19.4 Å². The lowest BCUT2D eigenvalue weighted by atomic mass is 9.84. The zero-order valence-corrected chi connectivity index (χ0v) is 13.5. The number of pyridine rings is 1. The molecule has 0 spiro atoms. The van der Waals surface area contributed by atoms with Crippen molar-refractivity contribution in [3.8, 4) is 0 Å². The fourth-order valence-corrected chi connectivity index (χ4v) is 2.91. The van der Waals surface area contributed by atoms with Gasteiger partial charge in [-0.1, -0.05) is 26.2 Å². The first-order valence-electron chi connectivity index (χ1n) is 8.18. The van der Waals surface area contributed by atoms with Gasteiger partial charge in [0.15, 0.2) is 0 Å². The number of carbonyl (C=O) groups is 2. The van der Waals surface area contributed by atoms with Crippen molar-refractivity contribution in [2.24, 2.45) is 0 Å². The number of carbonyl (C=O) groups excluding carboxylic acids is 1. The summed E-state index contributed by atoms with van der Waals surface area (Å²) in [6, 6.07) is 2.66. The molecule has 6 heteroatoms. The minimum atomic E-state index is -1.07. The van der Waals surface area contributed by atoms with Crippen molar-refractivity contribution in [1.82, 2.24) is 10.3 Å². The molecule has 1 aliphatic rings. The second kappa shape index (κ2) is 8.06. The summed E-state index contributed by atoms with van der Waals surface area (Å²) in [5, 5.41) is 11.8. The second-order valence-corrected chi connectivity index (χ2v) is 6.01. The molecule has 23 heavy (non-hydrogen) atoms. The number of amides is 1. The predicted octanol–water partition coefficient (Wildman–Crippen LogP) is 2.64. The standard InChI is InChI=1S/C17H24N2O4/c1-2-10-23-17(7-4-3-5-8-17)12-19-15(20)14-11-13(16(21)22)6-9-18-14/h6,9,11H,2-5,7-8,10,12H2,1H3,(H,19,20)(H,21,22). The normalized spacial score (nSPS) is 16.7. The highest BCUT2D eigenvalue weighted by Gasteiger charge is 2.33. The first-order chi connectivity index (χ1) is 11.1. The Kier molecular flexibility index (Phi) is 6.10. The molecule has 0 bridgehead atoms. The summed E-state index contributed by atoms with van der Waals surface area (Å²) in [4.78, 5) is 27.2. The van der Waals surface area contributed by atoms with Gasteiger partial charge in [0, 0.05) is 19.3 Å². The molecule has 1 aromatic heterocycles. The average Bonchev–Trinajstić information content (AvgIpc) is 2.59. The summed E-state index contributed by atoms with van der Waals surface area (Å²) in [5.41, 5.74) is -0.125. The SMILES string of the molecule is CCCOC1(CNC(=O)c2cc(C(=O)O)ccn2)CCCCC1. The maximum atomic E-state index is 12.3. The lowest BCUT2D eigenvalue weighted by Crippen LogP contribution is -2.46. The lowest BCUT2D eigenvalue weighted by molar-refractivity contribution is -0.0669. The number of hydrogen-bond donors (Lipinski definition) is 2. The highest BCUT2D eigenvalue weighted by molar-refractivity contribution is 5.95. The predicted molar refractivity (Wildman–Crippen MR) is 85.6 cm³/mol. The van der Waals surface area contributed by atoms with Crippen molar-refractivity contribution >= 4 is 11.9 Å². The van der Waals surface area contributed by atoms with E-state index in [9.17, 15) is 9.59 Å². The molecule has 1 aliphatic carbocycles. The van der Waals surface area contributed by atoms with Crippen LogP contribution in [0.3, 0.4) is 0 Å². The number of aromatic nitrogens is 1. The van der Waals surface area contributed by atoms with Crippen molar-refractivity contribution in [2.75, 3.05) is 13.2 Å². The van der Waals surface area contributed by atoms with Crippen molar-refractivity contribution in [2.45, 2.75) is 51.0 Å². The molecule has 6 nitrogen and oxygen atoms in total. The average molecular weight is 320 g/mol. The molecular formula is C17H24N2O4. The fourth-order valence-electron chi connectivity index (χ4n) is 2.91. The molecule has 0 atom stereocenters. The Labute approximate surface area is 136 Å². The summed E-state index contributed by atoms with van der Waals surface area (Å²) in [5.74, 6) is -1.44. The van der Waals surface area contributed by atoms with Gasteiger partial charge >= 0.3 is 5.97 Å². The third kappa shape index (κ3) is 4.76. The molecular weight excluding hydrogens is 296 g/mol. The zero-order chi connectivity index (χ0) is 16.7. The zero-order valence-electron chi connectivity index (χ0n) is 13.5. The van der Waals surface area contributed by atoms with E-state index in [0.29, 0.717) is 13.2 Å². The Morgan fingerprint density at radius 3 is 2.74 bits per heavy atom. The quantitative estimate of drug-likeness (QED) is 0.806. The number of aromatic carboxylic acids is 1. The minimum absolute atomic E-state index is 0.0553. The highest BCUT2D eigenvalue weighted by atomic mass is 16.5. The van der Waals surface area contributed by atoms with Gasteiger partial charge in [0.2, 0.25) is 0 Å². The topological polar surface area (TPSA) is 88.5 Å². The van der Waals surface area contributed by atoms with Crippen molar-refractivity contribution in [1.29, 1.82) is 0 Å². The summed E-state index contributed by atoms with van der Waals surface area (Å²) < 4.78 is 6.04. The minimum Gasteiger partial charge on any atom is -0.478 e. The number of carboxylic acid groups (broad SMARTS) is 1. The molecule has 0 aliphatic heterocycles. The number of rotatable bonds is 7. The third-order valence-corrected chi connectivity index (χ3v) is 4.19. The van der Waals surface area contributed by atoms with Gasteiger partial charge in [-0.15, -0.1) is 0 Å². The van der Waals surface area contributed by atoms with Crippen molar-refractivity contribution in [3.63, 3.8) is 0 Å². The van der Waals surface area contributed by atoms with Gasteiger partial charge in [0.1, 0.15) is 5.69 Å². The molecule has 0 unspecified atom stereocenters. The highest BCUT2D eigenvalue weighted by Crippen LogP contribution is 2.31. The van der Waals surface area contributed by atoms with Crippen LogP contribution in [-0.2, 0) is 4.74 Å². The molecule has 2 rings (SSSR count). The van der Waals surface area contributed by atoms with E-state index < -0.39 is 5.97 Å². The van der Waals surface area contributed by atoms with Crippen LogP contribution in [0.4, 0.5) is 0 Å². The summed E-state index contributed by atoms with van der Waals surface area (Å²) >= 11 is 0. The number of carboxylic acids is 1. The van der Waals surface area contributed by atoms with Crippen LogP contribution in [0.5, 0.6) is 0 Å². The first kappa shape index (κ1) is 17.4. The molecule has 0 aromatic carbocycles. The van der Waals surface area contributed by atoms with Gasteiger partial charge < -0.3 is 15.2 Å². The van der Waals surface area contributed by atoms with Crippen LogP contribution in [0, 0.1) is 0 Å². The maximum Gasteiger partial charge on any atom is 0.335 e. The first-order valence-corrected chi connectivity index (χ1v) is 8.18. The fraction of sp³-hybridized carbons (Fsp3) is 0.588. The molecule has 126 valence electrons. The molecule has 1 saturated carbocycles. The Bertz CT molecular complexity index is 553. The van der Waals surface area contributed by atoms with Gasteiger partial charge in [-0.2, -0.15) is 0 Å². The molecule has 1 heterocycles. The molecule has 2 N–H and O–H groups in total. The third-order valence-electron chi connectivity index (χ3n) is 4.19. The van der Waals surface area contributed by atoms with Gasteiger partial charge in [-0.05, 0) is 31.4 Å². The van der Waals surface area contributed by atoms with E-state index in [-0.39, 0.29) is 22.8 Å². The van der Waals surface area contributed by atoms with E-state index in [0.717, 1.165) is 32.1 Å². The van der Waals surface area contributed by atoms with Gasteiger partial charge in [-0.3, -0.25) is 9.78 Å².